The van der Waals surface area contributed by atoms with Crippen LogP contribution in [0, 0.1) is 0 Å². The summed E-state index contributed by atoms with van der Waals surface area (Å²) in [6.45, 7) is 0.548. The van der Waals surface area contributed by atoms with Crippen LogP contribution in [0.3, 0.4) is 0 Å². The molecule has 1 fully saturated rings. The summed E-state index contributed by atoms with van der Waals surface area (Å²) in [7, 11) is 3.30. The molecule has 0 amide bonds. The lowest BCUT2D eigenvalue weighted by molar-refractivity contribution is -0.0425. The Balaban J connectivity index is 2.37. The van der Waals surface area contributed by atoms with Crippen molar-refractivity contribution in [2.45, 2.75) is 24.9 Å². The first kappa shape index (κ1) is 8.93. The molecule has 3 atom stereocenters. The predicted octanol–water partition coefficient (Wildman–Crippen LogP) is -0.278. The van der Waals surface area contributed by atoms with E-state index in [2.05, 4.69) is 0 Å². The maximum Gasteiger partial charge on any atom is 0.109 e. The molecule has 0 spiro atoms. The molecule has 4 heteroatoms. The molecular formula is C7H15NO3. The molecule has 1 heterocycles. The molecule has 4 nitrogen and oxygen atoms in total. The number of hydrogen-bond donors (Lipinski definition) is 1. The minimum Gasteiger partial charge on any atom is -0.382 e. The van der Waals surface area contributed by atoms with Gasteiger partial charge in [-0.2, -0.15) is 0 Å². The van der Waals surface area contributed by atoms with Gasteiger partial charge in [0.2, 0.25) is 0 Å². The van der Waals surface area contributed by atoms with Crippen molar-refractivity contribution in [3.05, 3.63) is 0 Å². The van der Waals surface area contributed by atoms with Crippen LogP contribution in [0.25, 0.3) is 0 Å². The maximum atomic E-state index is 5.56. The Bertz CT molecular complexity index is 120. The zero-order valence-electron chi connectivity index (χ0n) is 6.95. The van der Waals surface area contributed by atoms with E-state index in [1.54, 1.807) is 14.2 Å². The number of nitrogens with two attached hydrogens (primary N) is 1. The average Bonchev–Trinajstić information content (AvgIpc) is 2.32. The molecule has 0 aromatic carbocycles. The van der Waals surface area contributed by atoms with Gasteiger partial charge in [-0.15, -0.1) is 0 Å². The standard InChI is InChI=1S/C7H15NO3/c1-9-4-6-5(10-2)3-7(8)11-6/h5-7H,3-4,8H2,1-2H3. The summed E-state index contributed by atoms with van der Waals surface area (Å²) in [4.78, 5) is 0. The first-order valence-electron chi connectivity index (χ1n) is 3.70. The van der Waals surface area contributed by atoms with Crippen molar-refractivity contribution in [1.82, 2.24) is 0 Å². The van der Waals surface area contributed by atoms with E-state index in [4.69, 9.17) is 19.9 Å². The summed E-state index contributed by atoms with van der Waals surface area (Å²) in [5.41, 5.74) is 5.56. The Morgan fingerprint density at radius 3 is 2.82 bits per heavy atom. The highest BCUT2D eigenvalue weighted by atomic mass is 16.6. The van der Waals surface area contributed by atoms with Crippen LogP contribution in [0.1, 0.15) is 6.42 Å². The van der Waals surface area contributed by atoms with Crippen molar-refractivity contribution in [1.29, 1.82) is 0 Å². The molecule has 0 radical (unpaired) electrons. The molecule has 2 N–H and O–H groups in total. The van der Waals surface area contributed by atoms with Gasteiger partial charge in [0.15, 0.2) is 0 Å². The number of ether oxygens (including phenoxy) is 3. The Morgan fingerprint density at radius 1 is 1.55 bits per heavy atom. The van der Waals surface area contributed by atoms with Gasteiger partial charge in [0.25, 0.3) is 0 Å². The zero-order valence-corrected chi connectivity index (χ0v) is 6.95. The van der Waals surface area contributed by atoms with Crippen LogP contribution in [-0.4, -0.2) is 39.3 Å². The van der Waals surface area contributed by atoms with Crippen LogP contribution >= 0.6 is 0 Å². The third-order valence-electron chi connectivity index (χ3n) is 1.86. The first-order chi connectivity index (χ1) is 5.27. The molecule has 11 heavy (non-hydrogen) atoms. The van der Waals surface area contributed by atoms with Crippen LogP contribution in [0.4, 0.5) is 0 Å². The van der Waals surface area contributed by atoms with Crippen molar-refractivity contribution in [3.63, 3.8) is 0 Å². The second-order valence-electron chi connectivity index (χ2n) is 2.68. The van der Waals surface area contributed by atoms with Gasteiger partial charge in [-0.1, -0.05) is 0 Å². The lowest BCUT2D eigenvalue weighted by Gasteiger charge is -2.15. The fraction of sp³-hybridized carbons (Fsp3) is 1.00. The Morgan fingerprint density at radius 2 is 2.27 bits per heavy atom. The number of methoxy groups -OCH3 is 2. The topological polar surface area (TPSA) is 53.7 Å². The van der Waals surface area contributed by atoms with Gasteiger partial charge in [0, 0.05) is 20.6 Å². The molecule has 0 aromatic heterocycles. The summed E-state index contributed by atoms with van der Waals surface area (Å²) in [5.74, 6) is 0. The summed E-state index contributed by atoms with van der Waals surface area (Å²) in [6, 6.07) is 0. The quantitative estimate of drug-likeness (QED) is 0.618. The molecule has 66 valence electrons. The Kier molecular flexibility index (Phi) is 3.26. The van der Waals surface area contributed by atoms with E-state index in [1.165, 1.54) is 0 Å². The smallest absolute Gasteiger partial charge is 0.109 e. The second-order valence-corrected chi connectivity index (χ2v) is 2.68. The number of hydrogen-bond acceptors (Lipinski definition) is 4. The molecular weight excluding hydrogens is 146 g/mol. The van der Waals surface area contributed by atoms with Gasteiger partial charge >= 0.3 is 0 Å². The highest BCUT2D eigenvalue weighted by molar-refractivity contribution is 4.80. The van der Waals surface area contributed by atoms with Gasteiger partial charge < -0.3 is 19.9 Å². The van der Waals surface area contributed by atoms with Gasteiger partial charge in [-0.25, -0.2) is 0 Å². The molecule has 1 aliphatic heterocycles. The average molecular weight is 161 g/mol. The third-order valence-corrected chi connectivity index (χ3v) is 1.86. The minimum absolute atomic E-state index is 0.000000000000000444. The van der Waals surface area contributed by atoms with Gasteiger partial charge in [-0.3, -0.25) is 0 Å². The van der Waals surface area contributed by atoms with Crippen LogP contribution in [0.15, 0.2) is 0 Å². The highest BCUT2D eigenvalue weighted by Crippen LogP contribution is 2.19. The summed E-state index contributed by atoms with van der Waals surface area (Å²) in [5, 5.41) is 0. The number of rotatable bonds is 3. The van der Waals surface area contributed by atoms with Crippen LogP contribution in [-0.2, 0) is 14.2 Å². The van der Waals surface area contributed by atoms with E-state index < -0.39 is 0 Å². The zero-order chi connectivity index (χ0) is 8.27. The maximum absolute atomic E-state index is 5.56. The summed E-state index contributed by atoms with van der Waals surface area (Å²) in [6.07, 6.45) is 0.648. The van der Waals surface area contributed by atoms with E-state index >= 15 is 0 Å². The van der Waals surface area contributed by atoms with E-state index in [9.17, 15) is 0 Å². The van der Waals surface area contributed by atoms with Crippen molar-refractivity contribution in [2.75, 3.05) is 20.8 Å². The molecule has 0 aliphatic carbocycles. The SMILES string of the molecule is COCC1OC(N)CC1OC. The Hall–Kier alpha value is -0.160. The van der Waals surface area contributed by atoms with E-state index in [0.29, 0.717) is 6.61 Å². The molecule has 0 aromatic rings. The lowest BCUT2D eigenvalue weighted by atomic mass is 10.2. The predicted molar refractivity (Wildman–Crippen MR) is 40.1 cm³/mol. The molecule has 0 saturated carbocycles. The van der Waals surface area contributed by atoms with Crippen LogP contribution < -0.4 is 5.73 Å². The van der Waals surface area contributed by atoms with Crippen LogP contribution in [0.2, 0.25) is 0 Å². The fourth-order valence-corrected chi connectivity index (χ4v) is 1.31. The molecule has 1 aliphatic rings. The van der Waals surface area contributed by atoms with Crippen molar-refractivity contribution in [3.8, 4) is 0 Å². The monoisotopic (exact) mass is 161 g/mol. The van der Waals surface area contributed by atoms with Crippen molar-refractivity contribution < 1.29 is 14.2 Å². The van der Waals surface area contributed by atoms with Gasteiger partial charge in [-0.05, 0) is 0 Å². The van der Waals surface area contributed by atoms with E-state index in [0.717, 1.165) is 6.42 Å². The summed E-state index contributed by atoms with van der Waals surface area (Å²) < 4.78 is 15.4. The Labute approximate surface area is 66.6 Å². The highest BCUT2D eigenvalue weighted by Gasteiger charge is 2.33. The molecule has 1 saturated heterocycles. The molecule has 0 bridgehead atoms. The minimum atomic E-state index is -0.194. The van der Waals surface area contributed by atoms with Gasteiger partial charge in [0.05, 0.1) is 12.7 Å². The second kappa shape index (κ2) is 4.01. The fourth-order valence-electron chi connectivity index (χ4n) is 1.31. The molecule has 1 rings (SSSR count). The van der Waals surface area contributed by atoms with E-state index in [1.807, 2.05) is 0 Å². The third kappa shape index (κ3) is 2.13. The van der Waals surface area contributed by atoms with Crippen LogP contribution in [0.5, 0.6) is 0 Å². The van der Waals surface area contributed by atoms with E-state index in [-0.39, 0.29) is 18.4 Å². The summed E-state index contributed by atoms with van der Waals surface area (Å²) >= 11 is 0. The van der Waals surface area contributed by atoms with Crippen molar-refractivity contribution >= 4 is 0 Å². The van der Waals surface area contributed by atoms with Gasteiger partial charge in [0.1, 0.15) is 12.3 Å². The van der Waals surface area contributed by atoms with Crippen molar-refractivity contribution in [2.24, 2.45) is 5.73 Å². The first-order valence-corrected chi connectivity index (χ1v) is 3.70. The lowest BCUT2D eigenvalue weighted by Crippen LogP contribution is -2.27. The normalized spacial score (nSPS) is 37.9. The molecule has 3 unspecified atom stereocenters. The largest absolute Gasteiger partial charge is 0.382 e.